The molecule has 9 heteroatoms. The van der Waals surface area contributed by atoms with Crippen LogP contribution in [0.5, 0.6) is 0 Å². The van der Waals surface area contributed by atoms with Gasteiger partial charge in [-0.25, -0.2) is 24.0 Å². The maximum atomic E-state index is 12.2. The first-order valence-corrected chi connectivity index (χ1v) is 7.82. The molecule has 2 aromatic heterocycles. The second-order valence-electron chi connectivity index (χ2n) is 4.24. The molecule has 0 radical (unpaired) electrons. The van der Waals surface area contributed by atoms with Gasteiger partial charge in [-0.2, -0.15) is 0 Å². The number of halogens is 1. The monoisotopic (exact) mass is 327 g/mol. The minimum atomic E-state index is -3.73. The van der Waals surface area contributed by atoms with Gasteiger partial charge >= 0.3 is 0 Å². The molecule has 21 heavy (non-hydrogen) atoms. The third-order valence-electron chi connectivity index (χ3n) is 2.81. The number of sulfonamides is 1. The highest BCUT2D eigenvalue weighted by atomic mass is 35.5. The number of rotatable bonds is 5. The Labute approximate surface area is 127 Å². The fraction of sp³-hybridized carbons (Fsp3) is 0.167. The number of nitrogens with one attached hydrogen (secondary N) is 2. The van der Waals surface area contributed by atoms with Gasteiger partial charge in [0.05, 0.1) is 17.3 Å². The molecule has 0 saturated heterocycles. The maximum Gasteiger partial charge on any atom is 0.242 e. The minimum absolute atomic E-state index is 0.0416. The van der Waals surface area contributed by atoms with E-state index in [4.69, 9.17) is 17.4 Å². The molecule has 112 valence electrons. The Morgan fingerprint density at radius 2 is 2.14 bits per heavy atom. The Morgan fingerprint density at radius 1 is 1.38 bits per heavy atom. The molecule has 0 aliphatic heterocycles. The van der Waals surface area contributed by atoms with E-state index in [0.717, 1.165) is 5.56 Å². The average Bonchev–Trinajstić information content (AvgIpc) is 2.46. The van der Waals surface area contributed by atoms with Crippen LogP contribution in [-0.2, 0) is 16.6 Å². The Morgan fingerprint density at radius 3 is 2.76 bits per heavy atom. The molecule has 0 amide bonds. The zero-order valence-electron chi connectivity index (χ0n) is 11.2. The number of hydrogen-bond acceptors (Lipinski definition) is 6. The first-order chi connectivity index (χ1) is 9.94. The zero-order valence-corrected chi connectivity index (χ0v) is 12.7. The smallest absolute Gasteiger partial charge is 0.242 e. The lowest BCUT2D eigenvalue weighted by molar-refractivity contribution is 0.580. The van der Waals surface area contributed by atoms with Crippen LogP contribution < -0.4 is 16.0 Å². The van der Waals surface area contributed by atoms with E-state index >= 15 is 0 Å². The number of aryl methyl sites for hydroxylation is 1. The number of pyridine rings is 2. The number of aromatic nitrogens is 2. The number of nitrogens with two attached hydrogens (primary N) is 1. The lowest BCUT2D eigenvalue weighted by Gasteiger charge is -2.09. The van der Waals surface area contributed by atoms with Crippen molar-refractivity contribution in [1.29, 1.82) is 0 Å². The molecule has 0 bridgehead atoms. The van der Waals surface area contributed by atoms with Gasteiger partial charge < -0.3 is 5.43 Å². The summed E-state index contributed by atoms with van der Waals surface area (Å²) >= 11 is 5.87. The van der Waals surface area contributed by atoms with Crippen molar-refractivity contribution >= 4 is 27.4 Å². The number of anilines is 1. The Bertz CT molecular complexity index is 751. The van der Waals surface area contributed by atoms with Crippen LogP contribution in [0.3, 0.4) is 0 Å². The molecule has 0 aliphatic rings. The van der Waals surface area contributed by atoms with Gasteiger partial charge in [0.2, 0.25) is 10.0 Å². The van der Waals surface area contributed by atoms with Gasteiger partial charge in [0.25, 0.3) is 0 Å². The SMILES string of the molecule is Cc1cccnc1CNS(=O)(=O)c1cnc(NN)c(Cl)c1. The minimum Gasteiger partial charge on any atom is -0.307 e. The van der Waals surface area contributed by atoms with E-state index < -0.39 is 10.0 Å². The highest BCUT2D eigenvalue weighted by molar-refractivity contribution is 7.89. The molecule has 0 fully saturated rings. The zero-order chi connectivity index (χ0) is 15.5. The molecule has 2 heterocycles. The van der Waals surface area contributed by atoms with Crippen molar-refractivity contribution < 1.29 is 8.42 Å². The third-order valence-corrected chi connectivity index (χ3v) is 4.47. The van der Waals surface area contributed by atoms with Crippen molar-refractivity contribution in [3.63, 3.8) is 0 Å². The summed E-state index contributed by atoms with van der Waals surface area (Å²) in [5.74, 6) is 5.40. The second kappa shape index (κ2) is 6.35. The van der Waals surface area contributed by atoms with E-state index in [1.807, 2.05) is 13.0 Å². The van der Waals surface area contributed by atoms with Crippen LogP contribution in [0.2, 0.25) is 5.02 Å². The fourth-order valence-corrected chi connectivity index (χ4v) is 2.87. The number of hydrazine groups is 1. The Balaban J connectivity index is 2.19. The van der Waals surface area contributed by atoms with Crippen LogP contribution >= 0.6 is 11.6 Å². The molecule has 0 aliphatic carbocycles. The van der Waals surface area contributed by atoms with E-state index in [1.54, 1.807) is 12.3 Å². The normalized spacial score (nSPS) is 11.4. The maximum absolute atomic E-state index is 12.2. The molecule has 2 aromatic rings. The molecule has 0 atom stereocenters. The predicted octanol–water partition coefficient (Wildman–Crippen LogP) is 1.20. The Hall–Kier alpha value is -1.74. The van der Waals surface area contributed by atoms with Crippen LogP contribution in [0.15, 0.2) is 35.5 Å². The van der Waals surface area contributed by atoms with E-state index in [9.17, 15) is 8.42 Å². The fourth-order valence-electron chi connectivity index (χ4n) is 1.62. The summed E-state index contributed by atoms with van der Waals surface area (Å²) in [7, 11) is -3.73. The van der Waals surface area contributed by atoms with Gasteiger partial charge in [0.1, 0.15) is 4.90 Å². The van der Waals surface area contributed by atoms with Gasteiger partial charge in [0.15, 0.2) is 5.82 Å². The van der Waals surface area contributed by atoms with E-state index in [2.05, 4.69) is 20.1 Å². The number of nitrogen functional groups attached to an aromatic ring is 1. The Kier molecular flexibility index (Phi) is 4.73. The molecule has 7 nitrogen and oxygen atoms in total. The lowest BCUT2D eigenvalue weighted by atomic mass is 10.2. The topological polar surface area (TPSA) is 110 Å². The number of nitrogens with zero attached hydrogens (tertiary/aromatic N) is 2. The molecular formula is C12H14ClN5O2S. The second-order valence-corrected chi connectivity index (χ2v) is 6.41. The van der Waals surface area contributed by atoms with E-state index in [-0.39, 0.29) is 22.3 Å². The largest absolute Gasteiger partial charge is 0.307 e. The first kappa shape index (κ1) is 15.6. The van der Waals surface area contributed by atoms with Crippen LogP contribution in [0.4, 0.5) is 5.82 Å². The van der Waals surface area contributed by atoms with Crippen LogP contribution in [0, 0.1) is 6.92 Å². The number of hydrogen-bond donors (Lipinski definition) is 3. The van der Waals surface area contributed by atoms with E-state index in [0.29, 0.717) is 5.69 Å². The standard InChI is InChI=1S/C12H14ClN5O2S/c1-8-3-2-4-15-11(8)7-17-21(19,20)9-5-10(13)12(18-14)16-6-9/h2-6,17H,7,14H2,1H3,(H,16,18). The van der Waals surface area contributed by atoms with Crippen molar-refractivity contribution in [3.05, 3.63) is 46.9 Å². The molecule has 0 spiro atoms. The first-order valence-electron chi connectivity index (χ1n) is 5.96. The van der Waals surface area contributed by atoms with Crippen molar-refractivity contribution in [1.82, 2.24) is 14.7 Å². The highest BCUT2D eigenvalue weighted by Crippen LogP contribution is 2.21. The van der Waals surface area contributed by atoms with Crippen LogP contribution in [-0.4, -0.2) is 18.4 Å². The molecule has 0 unspecified atom stereocenters. The summed E-state index contributed by atoms with van der Waals surface area (Å²) in [5, 5.41) is 0.120. The van der Waals surface area contributed by atoms with Crippen LogP contribution in [0.1, 0.15) is 11.3 Å². The van der Waals surface area contributed by atoms with Crippen LogP contribution in [0.25, 0.3) is 0 Å². The van der Waals surface area contributed by atoms with Crippen molar-refractivity contribution in [2.75, 3.05) is 5.43 Å². The van der Waals surface area contributed by atoms with Crippen molar-refractivity contribution in [3.8, 4) is 0 Å². The van der Waals surface area contributed by atoms with Gasteiger partial charge in [-0.05, 0) is 24.6 Å². The summed E-state index contributed by atoms with van der Waals surface area (Å²) in [6.07, 6.45) is 2.78. The highest BCUT2D eigenvalue weighted by Gasteiger charge is 2.17. The van der Waals surface area contributed by atoms with Gasteiger partial charge in [0, 0.05) is 12.4 Å². The summed E-state index contributed by atoms with van der Waals surface area (Å²) in [5.41, 5.74) is 3.83. The quantitative estimate of drug-likeness (QED) is 0.562. The van der Waals surface area contributed by atoms with Gasteiger partial charge in [-0.15, -0.1) is 0 Å². The molecule has 4 N–H and O–H groups in total. The molecule has 0 saturated carbocycles. The molecule has 0 aromatic carbocycles. The summed E-state index contributed by atoms with van der Waals surface area (Å²) in [6, 6.07) is 4.92. The predicted molar refractivity (Wildman–Crippen MR) is 80.1 cm³/mol. The lowest BCUT2D eigenvalue weighted by Crippen LogP contribution is -2.24. The van der Waals surface area contributed by atoms with Gasteiger partial charge in [-0.1, -0.05) is 17.7 Å². The van der Waals surface area contributed by atoms with Gasteiger partial charge in [-0.3, -0.25) is 4.98 Å². The summed E-state index contributed by atoms with van der Waals surface area (Å²) in [6.45, 7) is 1.94. The van der Waals surface area contributed by atoms with Crippen molar-refractivity contribution in [2.24, 2.45) is 5.84 Å². The van der Waals surface area contributed by atoms with Crippen molar-refractivity contribution in [2.45, 2.75) is 18.4 Å². The third kappa shape index (κ3) is 3.67. The average molecular weight is 328 g/mol. The van der Waals surface area contributed by atoms with E-state index in [1.165, 1.54) is 12.3 Å². The molecular weight excluding hydrogens is 314 g/mol. The molecule has 2 rings (SSSR count). The summed E-state index contributed by atoms with van der Waals surface area (Å²) in [4.78, 5) is 7.92. The summed E-state index contributed by atoms with van der Waals surface area (Å²) < 4.78 is 26.8.